The van der Waals surface area contributed by atoms with Crippen molar-refractivity contribution in [3.8, 4) is 11.5 Å². The lowest BCUT2D eigenvalue weighted by atomic mass is 9.63. The number of ether oxygens (including phenoxy) is 2. The van der Waals surface area contributed by atoms with Gasteiger partial charge < -0.3 is 9.47 Å². The molecule has 2 nitrogen and oxygen atoms in total. The van der Waals surface area contributed by atoms with E-state index in [1.165, 1.54) is 10.5 Å². The fourth-order valence-electron chi connectivity index (χ4n) is 4.61. The normalized spacial score (nSPS) is 19.1. The summed E-state index contributed by atoms with van der Waals surface area (Å²) in [5, 5.41) is 0.885. The van der Waals surface area contributed by atoms with Crippen LogP contribution < -0.4 is 4.74 Å². The maximum Gasteiger partial charge on any atom is 0.162 e. The van der Waals surface area contributed by atoms with Crippen LogP contribution in [0.5, 0.6) is 11.5 Å². The first-order valence-corrected chi connectivity index (χ1v) is 10.8. The molecule has 0 fully saturated rings. The molecule has 0 amide bonds. The van der Waals surface area contributed by atoms with Gasteiger partial charge in [0.05, 0.1) is 12.5 Å². The minimum absolute atomic E-state index is 0.539. The zero-order valence-corrected chi connectivity index (χ0v) is 17.8. The van der Waals surface area contributed by atoms with Gasteiger partial charge in [-0.05, 0) is 30.2 Å². The Morgan fingerprint density at radius 2 is 1.67 bits per heavy atom. The molecule has 0 aromatic heterocycles. The Balaban J connectivity index is 2.01. The number of aryl methyl sites for hydroxylation is 1. The van der Waals surface area contributed by atoms with E-state index < -0.39 is 5.41 Å². The molecule has 0 saturated carbocycles. The second-order valence-electron chi connectivity index (χ2n) is 7.40. The molecule has 3 heteroatoms. The molecule has 1 atom stereocenters. The topological polar surface area (TPSA) is 18.5 Å². The first kappa shape index (κ1) is 18.8. The van der Waals surface area contributed by atoms with Crippen LogP contribution in [0.3, 0.4) is 0 Å². The molecule has 2 aliphatic rings. The van der Waals surface area contributed by atoms with Crippen molar-refractivity contribution < 1.29 is 9.47 Å². The van der Waals surface area contributed by atoms with E-state index in [0.717, 1.165) is 38.9 Å². The zero-order valence-electron chi connectivity index (χ0n) is 17.0. The second kappa shape index (κ2) is 7.26. The smallest absolute Gasteiger partial charge is 0.162 e. The predicted octanol–water partition coefficient (Wildman–Crippen LogP) is 7.14. The highest BCUT2D eigenvalue weighted by Gasteiger charge is 2.50. The van der Waals surface area contributed by atoms with Crippen molar-refractivity contribution in [3.63, 3.8) is 0 Å². The van der Waals surface area contributed by atoms with Crippen LogP contribution in [0, 0.1) is 6.92 Å². The summed E-state index contributed by atoms with van der Waals surface area (Å²) in [5.41, 5.74) is 5.16. The van der Waals surface area contributed by atoms with Crippen molar-refractivity contribution in [2.24, 2.45) is 0 Å². The SMILES string of the molecule is C=C/C=C\C1=C(OC)Sc2ccccc2C12c1ccccc1Oc1c(C)cccc12. The van der Waals surface area contributed by atoms with Crippen molar-refractivity contribution in [1.29, 1.82) is 0 Å². The summed E-state index contributed by atoms with van der Waals surface area (Å²) < 4.78 is 12.4. The van der Waals surface area contributed by atoms with Crippen LogP contribution in [0.1, 0.15) is 22.3 Å². The van der Waals surface area contributed by atoms with Gasteiger partial charge in [-0.2, -0.15) is 0 Å². The number of benzene rings is 3. The minimum Gasteiger partial charge on any atom is -0.490 e. The van der Waals surface area contributed by atoms with Crippen LogP contribution in [0.2, 0.25) is 0 Å². The number of allylic oxidation sites excluding steroid dienone is 4. The van der Waals surface area contributed by atoms with E-state index in [2.05, 4.69) is 80.2 Å². The third-order valence-corrected chi connectivity index (χ3v) is 6.97. The van der Waals surface area contributed by atoms with Crippen LogP contribution in [-0.2, 0) is 10.2 Å². The molecule has 0 N–H and O–H groups in total. The van der Waals surface area contributed by atoms with E-state index in [4.69, 9.17) is 9.47 Å². The molecule has 3 aromatic rings. The fourth-order valence-corrected chi connectivity index (χ4v) is 5.70. The van der Waals surface area contributed by atoms with Gasteiger partial charge in [0, 0.05) is 21.6 Å². The molecule has 3 aromatic carbocycles. The van der Waals surface area contributed by atoms with Crippen molar-refractivity contribution in [1.82, 2.24) is 0 Å². The molecule has 2 aliphatic heterocycles. The van der Waals surface area contributed by atoms with Gasteiger partial charge >= 0.3 is 0 Å². The molecule has 0 saturated heterocycles. The standard InChI is InChI=1S/C27H22O2S/c1-4-5-12-22-26(28-3)30-24-17-9-7-14-20(24)27(22)19-13-6-8-16-23(19)29-25-18(2)11-10-15-21(25)27/h4-17H,1H2,2-3H3/b12-5-. The van der Waals surface area contributed by atoms with E-state index in [1.54, 1.807) is 18.9 Å². The maximum atomic E-state index is 6.46. The van der Waals surface area contributed by atoms with Gasteiger partial charge in [0.2, 0.25) is 0 Å². The molecular weight excluding hydrogens is 388 g/mol. The van der Waals surface area contributed by atoms with Gasteiger partial charge in [-0.25, -0.2) is 0 Å². The lowest BCUT2D eigenvalue weighted by molar-refractivity contribution is 0.314. The van der Waals surface area contributed by atoms with Crippen LogP contribution in [0.15, 0.2) is 107 Å². The summed E-state index contributed by atoms with van der Waals surface area (Å²) in [6.07, 6.45) is 5.92. The Hall–Kier alpha value is -3.17. The number of rotatable bonds is 3. The Bertz CT molecular complexity index is 1220. The lowest BCUT2D eigenvalue weighted by Crippen LogP contribution is -2.37. The van der Waals surface area contributed by atoms with Gasteiger partial charge in [0.25, 0.3) is 0 Å². The van der Waals surface area contributed by atoms with E-state index >= 15 is 0 Å². The first-order chi connectivity index (χ1) is 14.7. The third-order valence-electron chi connectivity index (χ3n) is 5.82. The molecule has 1 unspecified atom stereocenters. The van der Waals surface area contributed by atoms with Crippen molar-refractivity contribution in [3.05, 3.63) is 124 Å². The molecule has 0 radical (unpaired) electrons. The molecule has 2 heterocycles. The summed E-state index contributed by atoms with van der Waals surface area (Å²) in [5.74, 6) is 1.79. The van der Waals surface area contributed by atoms with E-state index in [-0.39, 0.29) is 0 Å². The highest BCUT2D eigenvalue weighted by atomic mass is 32.2. The predicted molar refractivity (Wildman–Crippen MR) is 123 cm³/mol. The molecule has 0 bridgehead atoms. The highest BCUT2D eigenvalue weighted by Crippen LogP contribution is 2.61. The quantitative estimate of drug-likeness (QED) is 0.428. The summed E-state index contributed by atoms with van der Waals surface area (Å²) in [7, 11) is 1.74. The number of methoxy groups -OCH3 is 1. The fraction of sp³-hybridized carbons (Fsp3) is 0.111. The molecule has 148 valence electrons. The lowest BCUT2D eigenvalue weighted by Gasteiger charge is -2.45. The van der Waals surface area contributed by atoms with Gasteiger partial charge in [-0.1, -0.05) is 91.2 Å². The second-order valence-corrected chi connectivity index (χ2v) is 8.41. The maximum absolute atomic E-state index is 6.46. The van der Waals surface area contributed by atoms with Crippen LogP contribution >= 0.6 is 11.8 Å². The van der Waals surface area contributed by atoms with E-state index in [0.29, 0.717) is 0 Å². The number of thioether (sulfide) groups is 1. The average molecular weight is 411 g/mol. The minimum atomic E-state index is -0.539. The van der Waals surface area contributed by atoms with Crippen molar-refractivity contribution in [2.45, 2.75) is 17.2 Å². The summed E-state index contributed by atoms with van der Waals surface area (Å²) in [6, 6.07) is 23.3. The largest absolute Gasteiger partial charge is 0.490 e. The highest BCUT2D eigenvalue weighted by molar-refractivity contribution is 8.03. The van der Waals surface area contributed by atoms with Gasteiger partial charge in [-0.15, -0.1) is 0 Å². The number of para-hydroxylation sites is 2. The van der Waals surface area contributed by atoms with E-state index in [9.17, 15) is 0 Å². The number of hydrogen-bond acceptors (Lipinski definition) is 3. The van der Waals surface area contributed by atoms with Crippen LogP contribution in [-0.4, -0.2) is 7.11 Å². The van der Waals surface area contributed by atoms with Gasteiger partial charge in [0.15, 0.2) is 5.09 Å². The summed E-state index contributed by atoms with van der Waals surface area (Å²) >= 11 is 1.67. The summed E-state index contributed by atoms with van der Waals surface area (Å²) in [6.45, 7) is 6.00. The third kappa shape index (κ3) is 2.52. The molecule has 1 spiro atoms. The molecule has 5 rings (SSSR count). The number of fused-ring (bicyclic) bond motifs is 6. The van der Waals surface area contributed by atoms with Crippen molar-refractivity contribution in [2.75, 3.05) is 7.11 Å². The van der Waals surface area contributed by atoms with Gasteiger partial charge in [-0.3, -0.25) is 0 Å². The molecule has 30 heavy (non-hydrogen) atoms. The monoisotopic (exact) mass is 410 g/mol. The number of hydrogen-bond donors (Lipinski definition) is 0. The average Bonchev–Trinajstić information content (AvgIpc) is 2.79. The first-order valence-electron chi connectivity index (χ1n) is 9.94. The van der Waals surface area contributed by atoms with Crippen LogP contribution in [0.4, 0.5) is 0 Å². The molecular formula is C27H22O2S. The van der Waals surface area contributed by atoms with E-state index in [1.807, 2.05) is 18.2 Å². The Morgan fingerprint density at radius 3 is 2.47 bits per heavy atom. The van der Waals surface area contributed by atoms with Crippen LogP contribution in [0.25, 0.3) is 0 Å². The Kier molecular flexibility index (Phi) is 4.56. The summed E-state index contributed by atoms with van der Waals surface area (Å²) in [4.78, 5) is 1.19. The zero-order chi connectivity index (χ0) is 20.7. The Morgan fingerprint density at radius 1 is 0.933 bits per heavy atom. The Labute approximate surface area is 181 Å². The van der Waals surface area contributed by atoms with Gasteiger partial charge in [0.1, 0.15) is 11.5 Å². The molecule has 0 aliphatic carbocycles. The van der Waals surface area contributed by atoms with Crippen molar-refractivity contribution >= 4 is 11.8 Å².